The fraction of sp³-hybridized carbons (Fsp3) is 0.217. The summed E-state index contributed by atoms with van der Waals surface area (Å²) in [6, 6.07) is 18.1. The van der Waals surface area contributed by atoms with E-state index in [9.17, 15) is 4.79 Å². The molecular weight excluding hydrogens is 350 g/mol. The molecule has 1 aliphatic heterocycles. The highest BCUT2D eigenvalue weighted by atomic mass is 16.5. The average molecular weight is 371 g/mol. The predicted molar refractivity (Wildman–Crippen MR) is 108 cm³/mol. The van der Waals surface area contributed by atoms with Gasteiger partial charge in [-0.2, -0.15) is 5.10 Å². The smallest absolute Gasteiger partial charge is 0.161 e. The van der Waals surface area contributed by atoms with Gasteiger partial charge in [0.1, 0.15) is 5.75 Å². The molecule has 0 radical (unpaired) electrons. The van der Waals surface area contributed by atoms with Crippen molar-refractivity contribution in [1.82, 2.24) is 10.2 Å². The monoisotopic (exact) mass is 371 g/mol. The van der Waals surface area contributed by atoms with Crippen LogP contribution in [0.4, 0.5) is 5.82 Å². The van der Waals surface area contributed by atoms with Crippen molar-refractivity contribution in [3.8, 4) is 17.0 Å². The maximum Gasteiger partial charge on any atom is 0.161 e. The molecule has 2 N–H and O–H groups in total. The van der Waals surface area contributed by atoms with Crippen molar-refractivity contribution in [3.63, 3.8) is 0 Å². The molecule has 2 heterocycles. The number of ether oxygens (including phenoxy) is 1. The molecule has 1 aromatic heterocycles. The van der Waals surface area contributed by atoms with Crippen LogP contribution in [-0.4, -0.2) is 23.1 Å². The zero-order valence-electron chi connectivity index (χ0n) is 15.7. The summed E-state index contributed by atoms with van der Waals surface area (Å²) in [6.07, 6.45) is 2.35. The number of rotatable bonds is 3. The second-order valence-electron chi connectivity index (χ2n) is 7.23. The van der Waals surface area contributed by atoms with Gasteiger partial charge in [-0.15, -0.1) is 0 Å². The molecule has 3 aromatic rings. The van der Waals surface area contributed by atoms with Gasteiger partial charge < -0.3 is 10.1 Å². The van der Waals surface area contributed by atoms with Gasteiger partial charge in [0.15, 0.2) is 11.6 Å². The maximum atomic E-state index is 13.0. The Balaban J connectivity index is 1.72. The highest BCUT2D eigenvalue weighted by Crippen LogP contribution is 2.48. The average Bonchev–Trinajstić information content (AvgIpc) is 3.17. The molecular formula is C23H21N3O2. The normalized spacial score (nSPS) is 18.3. The molecule has 0 saturated carbocycles. The summed E-state index contributed by atoms with van der Waals surface area (Å²) >= 11 is 0. The lowest BCUT2D eigenvalue weighted by Crippen LogP contribution is -2.26. The molecule has 2 aromatic carbocycles. The minimum atomic E-state index is -0.140. The molecule has 0 bridgehead atoms. The van der Waals surface area contributed by atoms with E-state index in [4.69, 9.17) is 4.74 Å². The van der Waals surface area contributed by atoms with Crippen molar-refractivity contribution in [2.75, 3.05) is 12.4 Å². The molecule has 140 valence electrons. The molecule has 2 aliphatic rings. The van der Waals surface area contributed by atoms with Crippen molar-refractivity contribution in [3.05, 3.63) is 77.0 Å². The summed E-state index contributed by atoms with van der Waals surface area (Å²) in [5, 5.41) is 11.2. The van der Waals surface area contributed by atoms with E-state index in [0.717, 1.165) is 58.1 Å². The van der Waals surface area contributed by atoms with Crippen LogP contribution in [0.15, 0.2) is 65.9 Å². The number of benzene rings is 2. The van der Waals surface area contributed by atoms with Gasteiger partial charge in [0.2, 0.25) is 0 Å². The van der Waals surface area contributed by atoms with Crippen molar-refractivity contribution >= 4 is 11.6 Å². The number of fused-ring (bicyclic) bond motifs is 1. The number of hydrogen-bond donors (Lipinski definition) is 2. The Kier molecular flexibility index (Phi) is 4.01. The van der Waals surface area contributed by atoms with E-state index in [2.05, 4.69) is 27.6 Å². The molecule has 5 nitrogen and oxygen atoms in total. The molecule has 0 fully saturated rings. The molecule has 1 unspecified atom stereocenters. The number of nitrogens with one attached hydrogen (secondary N) is 2. The first-order valence-electron chi connectivity index (χ1n) is 9.57. The topological polar surface area (TPSA) is 67.0 Å². The van der Waals surface area contributed by atoms with E-state index in [0.29, 0.717) is 6.42 Å². The lowest BCUT2D eigenvalue weighted by atomic mass is 9.75. The number of H-pyrrole nitrogens is 1. The first-order valence-corrected chi connectivity index (χ1v) is 9.57. The van der Waals surface area contributed by atoms with Crippen molar-refractivity contribution < 1.29 is 9.53 Å². The highest BCUT2D eigenvalue weighted by Gasteiger charge is 2.38. The van der Waals surface area contributed by atoms with Crippen molar-refractivity contribution in [1.29, 1.82) is 0 Å². The van der Waals surface area contributed by atoms with E-state index >= 15 is 0 Å². The second kappa shape index (κ2) is 6.68. The van der Waals surface area contributed by atoms with Crippen LogP contribution < -0.4 is 10.1 Å². The molecule has 0 amide bonds. The third kappa shape index (κ3) is 2.62. The lowest BCUT2D eigenvalue weighted by molar-refractivity contribution is -0.116. The summed E-state index contributed by atoms with van der Waals surface area (Å²) < 4.78 is 5.32. The van der Waals surface area contributed by atoms with Crippen LogP contribution in [0.1, 0.15) is 36.3 Å². The van der Waals surface area contributed by atoms with Crippen LogP contribution in [0, 0.1) is 0 Å². The van der Waals surface area contributed by atoms with E-state index in [1.54, 1.807) is 7.11 Å². The number of methoxy groups -OCH3 is 1. The molecule has 0 saturated heterocycles. The largest absolute Gasteiger partial charge is 0.497 e. The zero-order chi connectivity index (χ0) is 19.1. The lowest BCUT2D eigenvalue weighted by Gasteiger charge is -2.32. The third-order valence-electron chi connectivity index (χ3n) is 5.62. The Morgan fingerprint density at radius 2 is 1.82 bits per heavy atom. The Morgan fingerprint density at radius 3 is 2.57 bits per heavy atom. The van der Waals surface area contributed by atoms with Gasteiger partial charge in [-0.25, -0.2) is 0 Å². The van der Waals surface area contributed by atoms with Crippen LogP contribution in [0.2, 0.25) is 0 Å². The number of carbonyl (C=O) groups is 1. The first kappa shape index (κ1) is 16.8. The van der Waals surface area contributed by atoms with Crippen LogP contribution in [-0.2, 0) is 4.79 Å². The molecule has 5 heteroatoms. The SMILES string of the molecule is COc1ccc(C2C3=C(CCCC3=O)Nc3n[nH]c(-c4ccccc4)c32)cc1. The number of aromatic amines is 1. The summed E-state index contributed by atoms with van der Waals surface area (Å²) in [5.41, 5.74) is 6.01. The summed E-state index contributed by atoms with van der Waals surface area (Å²) in [7, 11) is 1.66. The van der Waals surface area contributed by atoms with Crippen LogP contribution in [0.3, 0.4) is 0 Å². The number of allylic oxidation sites excluding steroid dienone is 2. The fourth-order valence-corrected chi connectivity index (χ4v) is 4.30. The number of nitrogens with zero attached hydrogens (tertiary/aromatic N) is 1. The number of hydrogen-bond acceptors (Lipinski definition) is 4. The van der Waals surface area contributed by atoms with Gasteiger partial charge in [0, 0.05) is 29.2 Å². The summed E-state index contributed by atoms with van der Waals surface area (Å²) in [6.45, 7) is 0. The highest BCUT2D eigenvalue weighted by molar-refractivity contribution is 6.01. The van der Waals surface area contributed by atoms with E-state index in [-0.39, 0.29) is 11.7 Å². The van der Waals surface area contributed by atoms with Gasteiger partial charge in [-0.3, -0.25) is 9.89 Å². The van der Waals surface area contributed by atoms with Gasteiger partial charge in [-0.05, 0) is 36.1 Å². The zero-order valence-corrected chi connectivity index (χ0v) is 15.7. The predicted octanol–water partition coefficient (Wildman–Crippen LogP) is 4.65. The molecule has 1 aliphatic carbocycles. The van der Waals surface area contributed by atoms with Gasteiger partial charge in [0.05, 0.1) is 12.8 Å². The van der Waals surface area contributed by atoms with E-state index in [1.807, 2.05) is 42.5 Å². The Morgan fingerprint density at radius 1 is 1.04 bits per heavy atom. The van der Waals surface area contributed by atoms with Gasteiger partial charge >= 0.3 is 0 Å². The molecule has 28 heavy (non-hydrogen) atoms. The Bertz CT molecular complexity index is 1060. The second-order valence-corrected chi connectivity index (χ2v) is 7.23. The Labute approximate surface area is 163 Å². The van der Waals surface area contributed by atoms with Crippen molar-refractivity contribution in [2.45, 2.75) is 25.2 Å². The summed E-state index contributed by atoms with van der Waals surface area (Å²) in [5.74, 6) is 1.70. The minimum Gasteiger partial charge on any atom is -0.497 e. The quantitative estimate of drug-likeness (QED) is 0.703. The van der Waals surface area contributed by atoms with E-state index in [1.165, 1.54) is 0 Å². The van der Waals surface area contributed by atoms with Gasteiger partial charge in [-0.1, -0.05) is 42.5 Å². The summed E-state index contributed by atoms with van der Waals surface area (Å²) in [4.78, 5) is 13.0. The molecule has 5 rings (SSSR count). The van der Waals surface area contributed by atoms with Crippen molar-refractivity contribution in [2.24, 2.45) is 0 Å². The minimum absolute atomic E-state index is 0.140. The van der Waals surface area contributed by atoms with E-state index < -0.39 is 0 Å². The van der Waals surface area contributed by atoms with Crippen LogP contribution in [0.5, 0.6) is 5.75 Å². The van der Waals surface area contributed by atoms with Gasteiger partial charge in [0.25, 0.3) is 0 Å². The third-order valence-corrected chi connectivity index (χ3v) is 5.62. The van der Waals surface area contributed by atoms with Crippen LogP contribution in [0.25, 0.3) is 11.3 Å². The molecule has 0 spiro atoms. The van der Waals surface area contributed by atoms with Crippen LogP contribution >= 0.6 is 0 Å². The fourth-order valence-electron chi connectivity index (χ4n) is 4.30. The molecule has 1 atom stereocenters. The maximum absolute atomic E-state index is 13.0. The first-order chi connectivity index (χ1) is 13.8. The number of ketones is 1. The number of carbonyl (C=O) groups excluding carboxylic acids is 1. The standard InChI is InChI=1S/C23H21N3O2/c1-28-16-12-10-14(11-13-16)19-20-17(8-5-9-18(20)27)24-23-21(19)22(25-26-23)15-6-3-2-4-7-15/h2-4,6-7,10-13,19H,5,8-9H2,1H3,(H2,24,25,26). The number of Topliss-reactive ketones (excluding diaryl/α,β-unsaturated/α-hetero) is 1. The number of anilines is 1. The number of aromatic nitrogens is 2. The Hall–Kier alpha value is -3.34.